The molecule has 150 valence electrons. The molecule has 2 aromatic rings. The Balaban J connectivity index is 0.00000364. The minimum absolute atomic E-state index is 0. The zero-order valence-electron chi connectivity index (χ0n) is 15.7. The van der Waals surface area contributed by atoms with Crippen LogP contribution in [0.2, 0.25) is 10.0 Å². The summed E-state index contributed by atoms with van der Waals surface area (Å²) in [5, 5.41) is 13.8. The number of halogens is 3. The largest absolute Gasteiger partial charge is 0.490 e. The normalized spacial score (nSPS) is 11.0. The van der Waals surface area contributed by atoms with Crippen LogP contribution in [0.4, 0.5) is 0 Å². The molecule has 0 radical (unpaired) electrons. The topological polar surface area (TPSA) is 50.7 Å². The average molecular weight is 435 g/mol. The molecule has 0 aliphatic heterocycles. The lowest BCUT2D eigenvalue weighted by atomic mass is 10.1. The van der Waals surface area contributed by atoms with Gasteiger partial charge in [0.2, 0.25) is 0 Å². The third kappa shape index (κ3) is 7.05. The zero-order valence-corrected chi connectivity index (χ0v) is 18.0. The van der Waals surface area contributed by atoms with E-state index in [1.807, 2.05) is 57.2 Å². The molecule has 0 saturated carbocycles. The van der Waals surface area contributed by atoms with Gasteiger partial charge in [-0.15, -0.1) is 12.4 Å². The highest BCUT2D eigenvalue weighted by atomic mass is 35.5. The number of nitrogens with one attached hydrogen (secondary N) is 1. The molecular weight excluding hydrogens is 409 g/mol. The first-order valence-corrected chi connectivity index (χ1v) is 9.29. The van der Waals surface area contributed by atoms with E-state index in [4.69, 9.17) is 32.7 Å². The molecule has 0 saturated heterocycles. The number of hydrogen-bond acceptors (Lipinski definition) is 4. The molecule has 4 nitrogen and oxygen atoms in total. The fraction of sp³-hybridized carbons (Fsp3) is 0.400. The predicted molar refractivity (Wildman–Crippen MR) is 114 cm³/mol. The van der Waals surface area contributed by atoms with Gasteiger partial charge in [-0.2, -0.15) is 0 Å². The van der Waals surface area contributed by atoms with Gasteiger partial charge in [0.15, 0.2) is 11.5 Å². The third-order valence-electron chi connectivity index (χ3n) is 3.87. The Morgan fingerprint density at radius 3 is 2.41 bits per heavy atom. The highest BCUT2D eigenvalue weighted by molar-refractivity contribution is 6.32. The Labute approximate surface area is 177 Å². The molecule has 0 atom stereocenters. The van der Waals surface area contributed by atoms with E-state index in [9.17, 15) is 5.11 Å². The molecule has 2 N–H and O–H groups in total. The number of hydrogen-bond donors (Lipinski definition) is 2. The van der Waals surface area contributed by atoms with Crippen molar-refractivity contribution in [3.8, 4) is 11.5 Å². The highest BCUT2D eigenvalue weighted by Crippen LogP contribution is 2.37. The third-order valence-corrected chi connectivity index (χ3v) is 4.51. The molecule has 0 aromatic heterocycles. The molecule has 0 unspecified atom stereocenters. The minimum Gasteiger partial charge on any atom is -0.490 e. The van der Waals surface area contributed by atoms with Crippen LogP contribution in [0.5, 0.6) is 11.5 Å². The Bertz CT molecular complexity index is 738. The molecule has 0 aliphatic rings. The standard InChI is InChI=1S/C20H25Cl2NO3.ClH/c1-4-25-18-10-14(11-23-20(2,3)13-24)9-17(22)19(18)26-12-15-7-5-6-8-16(15)21;/h5-10,23-24H,4,11-13H2,1-3H3;1H. The highest BCUT2D eigenvalue weighted by Gasteiger charge is 2.17. The molecule has 27 heavy (non-hydrogen) atoms. The van der Waals surface area contributed by atoms with Gasteiger partial charge in [-0.25, -0.2) is 0 Å². The molecule has 0 heterocycles. The van der Waals surface area contributed by atoms with Crippen LogP contribution in [0.3, 0.4) is 0 Å². The van der Waals surface area contributed by atoms with Crippen LogP contribution >= 0.6 is 35.6 Å². The van der Waals surface area contributed by atoms with Gasteiger partial charge in [0, 0.05) is 22.7 Å². The Morgan fingerprint density at radius 2 is 1.78 bits per heavy atom. The fourth-order valence-corrected chi connectivity index (χ4v) is 2.77. The van der Waals surface area contributed by atoms with Gasteiger partial charge in [0.1, 0.15) is 6.61 Å². The predicted octanol–water partition coefficient (Wildman–Crippen LogP) is 5.25. The average Bonchev–Trinajstić information content (AvgIpc) is 2.61. The molecule has 0 spiro atoms. The number of aliphatic hydroxyl groups excluding tert-OH is 1. The van der Waals surface area contributed by atoms with Crippen molar-refractivity contribution in [2.24, 2.45) is 0 Å². The zero-order chi connectivity index (χ0) is 19.2. The molecule has 0 aliphatic carbocycles. The van der Waals surface area contributed by atoms with Gasteiger partial charge in [-0.1, -0.05) is 41.4 Å². The number of benzene rings is 2. The van der Waals surface area contributed by atoms with Crippen molar-refractivity contribution in [2.75, 3.05) is 13.2 Å². The molecular formula is C20H26Cl3NO3. The molecule has 2 aromatic carbocycles. The van der Waals surface area contributed by atoms with Crippen LogP contribution in [-0.4, -0.2) is 23.9 Å². The Morgan fingerprint density at radius 1 is 1.07 bits per heavy atom. The lowest BCUT2D eigenvalue weighted by Crippen LogP contribution is -2.42. The number of ether oxygens (including phenoxy) is 2. The summed E-state index contributed by atoms with van der Waals surface area (Å²) in [4.78, 5) is 0. The number of aliphatic hydroxyl groups is 1. The maximum absolute atomic E-state index is 9.37. The molecule has 0 amide bonds. The van der Waals surface area contributed by atoms with Gasteiger partial charge in [-0.3, -0.25) is 0 Å². The van der Waals surface area contributed by atoms with E-state index in [0.717, 1.165) is 11.1 Å². The first kappa shape index (κ1) is 23.9. The summed E-state index contributed by atoms with van der Waals surface area (Å²) in [6, 6.07) is 11.3. The van der Waals surface area contributed by atoms with E-state index in [1.54, 1.807) is 0 Å². The molecule has 2 rings (SSSR count). The fourth-order valence-electron chi connectivity index (χ4n) is 2.29. The first-order chi connectivity index (χ1) is 12.4. The lowest BCUT2D eigenvalue weighted by Gasteiger charge is -2.24. The van der Waals surface area contributed by atoms with Crippen LogP contribution in [0.15, 0.2) is 36.4 Å². The quantitative estimate of drug-likeness (QED) is 0.565. The maximum Gasteiger partial charge on any atom is 0.180 e. The number of rotatable bonds is 9. The van der Waals surface area contributed by atoms with Gasteiger partial charge >= 0.3 is 0 Å². The Kier molecular flexibility index (Phi) is 9.71. The molecule has 0 bridgehead atoms. The summed E-state index contributed by atoms with van der Waals surface area (Å²) < 4.78 is 11.6. The van der Waals surface area contributed by atoms with Gasteiger partial charge in [-0.05, 0) is 44.5 Å². The summed E-state index contributed by atoms with van der Waals surface area (Å²) in [5.74, 6) is 1.09. The first-order valence-electron chi connectivity index (χ1n) is 8.53. The van der Waals surface area contributed by atoms with Crippen molar-refractivity contribution in [1.82, 2.24) is 5.32 Å². The van der Waals surface area contributed by atoms with Crippen molar-refractivity contribution >= 4 is 35.6 Å². The van der Waals surface area contributed by atoms with E-state index >= 15 is 0 Å². The van der Waals surface area contributed by atoms with Crippen molar-refractivity contribution in [3.63, 3.8) is 0 Å². The SMILES string of the molecule is CCOc1cc(CNC(C)(C)CO)cc(Cl)c1OCc1ccccc1Cl.Cl. The van der Waals surface area contributed by atoms with Crippen LogP contribution in [0, 0.1) is 0 Å². The molecule has 0 fully saturated rings. The minimum atomic E-state index is -0.377. The van der Waals surface area contributed by atoms with Crippen LogP contribution in [0.1, 0.15) is 31.9 Å². The van der Waals surface area contributed by atoms with Gasteiger partial charge < -0.3 is 19.9 Å². The van der Waals surface area contributed by atoms with Crippen LogP contribution in [-0.2, 0) is 13.2 Å². The Hall–Kier alpha value is -1.17. The van der Waals surface area contributed by atoms with E-state index in [1.165, 1.54) is 0 Å². The van der Waals surface area contributed by atoms with Crippen LogP contribution in [0.25, 0.3) is 0 Å². The van der Waals surface area contributed by atoms with Crippen molar-refractivity contribution in [3.05, 3.63) is 57.6 Å². The monoisotopic (exact) mass is 433 g/mol. The lowest BCUT2D eigenvalue weighted by molar-refractivity contribution is 0.187. The molecule has 7 heteroatoms. The van der Waals surface area contributed by atoms with Crippen LogP contribution < -0.4 is 14.8 Å². The van der Waals surface area contributed by atoms with Gasteiger partial charge in [0.25, 0.3) is 0 Å². The van der Waals surface area contributed by atoms with Crippen molar-refractivity contribution in [1.29, 1.82) is 0 Å². The summed E-state index contributed by atoms with van der Waals surface area (Å²) in [6.45, 7) is 7.16. The second kappa shape index (κ2) is 11.0. The van der Waals surface area contributed by atoms with E-state index in [0.29, 0.717) is 41.3 Å². The van der Waals surface area contributed by atoms with Crippen molar-refractivity contribution < 1.29 is 14.6 Å². The summed E-state index contributed by atoms with van der Waals surface area (Å²) in [6.07, 6.45) is 0. The summed E-state index contributed by atoms with van der Waals surface area (Å²) in [7, 11) is 0. The smallest absolute Gasteiger partial charge is 0.180 e. The van der Waals surface area contributed by atoms with E-state index in [2.05, 4.69) is 5.32 Å². The maximum atomic E-state index is 9.37. The van der Waals surface area contributed by atoms with E-state index in [-0.39, 0.29) is 24.6 Å². The second-order valence-electron chi connectivity index (χ2n) is 6.61. The summed E-state index contributed by atoms with van der Waals surface area (Å²) in [5.41, 5.74) is 1.45. The second-order valence-corrected chi connectivity index (χ2v) is 7.43. The van der Waals surface area contributed by atoms with Crippen molar-refractivity contribution in [2.45, 2.75) is 39.5 Å². The summed E-state index contributed by atoms with van der Waals surface area (Å²) >= 11 is 12.6. The van der Waals surface area contributed by atoms with Gasteiger partial charge in [0.05, 0.1) is 18.2 Å². The van der Waals surface area contributed by atoms with E-state index < -0.39 is 0 Å².